The van der Waals surface area contributed by atoms with Crippen molar-refractivity contribution >= 4 is 39.8 Å². The quantitative estimate of drug-likeness (QED) is 0.596. The maximum absolute atomic E-state index is 12.3. The molecule has 22 heavy (non-hydrogen) atoms. The molecule has 0 aliphatic heterocycles. The van der Waals surface area contributed by atoms with Gasteiger partial charge in [-0.05, 0) is 33.3 Å². The number of aromatic amines is 1. The van der Waals surface area contributed by atoms with Crippen molar-refractivity contribution in [2.75, 3.05) is 17.6 Å². The van der Waals surface area contributed by atoms with Crippen LogP contribution in [0.15, 0.2) is 4.34 Å². The van der Waals surface area contributed by atoms with E-state index in [2.05, 4.69) is 20.5 Å². The first kappa shape index (κ1) is 16.7. The van der Waals surface area contributed by atoms with Crippen molar-refractivity contribution in [2.24, 2.45) is 0 Å². The first-order valence-corrected chi connectivity index (χ1v) is 8.67. The smallest absolute Gasteiger partial charge is 0.206 e. The molecule has 8 heteroatoms. The number of nitrogens with one attached hydrogen (secondary N) is 2. The van der Waals surface area contributed by atoms with Crippen LogP contribution in [0.2, 0.25) is 0 Å². The Balaban J connectivity index is 2.06. The Morgan fingerprint density at radius 2 is 2.05 bits per heavy atom. The number of hydrogen-bond acceptors (Lipinski definition) is 7. The van der Waals surface area contributed by atoms with Crippen molar-refractivity contribution < 1.29 is 9.59 Å². The van der Waals surface area contributed by atoms with Crippen LogP contribution in [0.1, 0.15) is 46.0 Å². The lowest BCUT2D eigenvalue weighted by Gasteiger charge is -1.99. The van der Waals surface area contributed by atoms with E-state index in [4.69, 9.17) is 0 Å². The standard InChI is InChI=1S/C14H18N4O2S2/c1-5-15-13-17-18-14(22-13)21-6-10(20)12-7(2)11(9(4)19)8(3)16-12/h16H,5-6H2,1-4H3,(H,15,17). The van der Waals surface area contributed by atoms with E-state index in [1.807, 2.05) is 6.92 Å². The highest BCUT2D eigenvalue weighted by Crippen LogP contribution is 2.27. The summed E-state index contributed by atoms with van der Waals surface area (Å²) in [6, 6.07) is 0. The number of aryl methyl sites for hydroxylation is 1. The fourth-order valence-corrected chi connectivity index (χ4v) is 3.94. The van der Waals surface area contributed by atoms with Crippen LogP contribution in [-0.2, 0) is 0 Å². The summed E-state index contributed by atoms with van der Waals surface area (Å²) in [7, 11) is 0. The molecule has 0 fully saturated rings. The minimum atomic E-state index is -0.0432. The van der Waals surface area contributed by atoms with E-state index in [9.17, 15) is 9.59 Å². The summed E-state index contributed by atoms with van der Waals surface area (Å²) in [6.07, 6.45) is 0. The zero-order valence-corrected chi connectivity index (χ0v) is 14.6. The van der Waals surface area contributed by atoms with E-state index in [0.717, 1.165) is 27.3 Å². The molecule has 2 aromatic heterocycles. The summed E-state index contributed by atoms with van der Waals surface area (Å²) < 4.78 is 0.747. The number of nitrogens with zero attached hydrogens (tertiary/aromatic N) is 2. The van der Waals surface area contributed by atoms with Gasteiger partial charge in [0, 0.05) is 17.8 Å². The van der Waals surface area contributed by atoms with Crippen molar-refractivity contribution in [2.45, 2.75) is 32.0 Å². The number of carbonyl (C=O) groups excluding carboxylic acids is 2. The zero-order valence-electron chi connectivity index (χ0n) is 12.9. The molecule has 2 aromatic rings. The average Bonchev–Trinajstić information content (AvgIpc) is 3.01. The van der Waals surface area contributed by atoms with Gasteiger partial charge in [0.05, 0.1) is 11.4 Å². The summed E-state index contributed by atoms with van der Waals surface area (Å²) in [4.78, 5) is 27.0. The van der Waals surface area contributed by atoms with Crippen LogP contribution in [0.3, 0.4) is 0 Å². The van der Waals surface area contributed by atoms with Gasteiger partial charge in [0.2, 0.25) is 5.13 Å². The first-order chi connectivity index (χ1) is 10.4. The number of H-pyrrole nitrogens is 1. The van der Waals surface area contributed by atoms with Crippen LogP contribution in [-0.4, -0.2) is 39.0 Å². The number of aromatic nitrogens is 3. The van der Waals surface area contributed by atoms with Gasteiger partial charge in [0.15, 0.2) is 15.9 Å². The van der Waals surface area contributed by atoms with Gasteiger partial charge in [-0.1, -0.05) is 23.1 Å². The summed E-state index contributed by atoms with van der Waals surface area (Å²) in [5.74, 6) is 0.189. The molecule has 0 atom stereocenters. The van der Waals surface area contributed by atoms with Crippen molar-refractivity contribution in [1.29, 1.82) is 0 Å². The van der Waals surface area contributed by atoms with Crippen molar-refractivity contribution in [3.8, 4) is 0 Å². The molecule has 2 rings (SSSR count). The second kappa shape index (κ2) is 7.06. The fourth-order valence-electron chi connectivity index (χ4n) is 2.25. The van der Waals surface area contributed by atoms with Crippen LogP contribution < -0.4 is 5.32 Å². The third-order valence-corrected chi connectivity index (χ3v) is 5.14. The second-order valence-corrected chi connectivity index (χ2v) is 7.00. The zero-order chi connectivity index (χ0) is 16.3. The molecule has 118 valence electrons. The molecule has 0 aromatic carbocycles. The molecular weight excluding hydrogens is 320 g/mol. The molecule has 0 saturated heterocycles. The van der Waals surface area contributed by atoms with Crippen LogP contribution in [0.4, 0.5) is 5.13 Å². The van der Waals surface area contributed by atoms with Crippen LogP contribution in [0.25, 0.3) is 0 Å². The van der Waals surface area contributed by atoms with Gasteiger partial charge in [-0.2, -0.15) is 0 Å². The number of carbonyl (C=O) groups is 2. The van der Waals surface area contributed by atoms with Crippen molar-refractivity contribution in [1.82, 2.24) is 15.2 Å². The lowest BCUT2D eigenvalue weighted by atomic mass is 10.1. The Hall–Kier alpha value is -1.67. The third kappa shape index (κ3) is 3.56. The molecule has 0 amide bonds. The molecule has 0 spiro atoms. The Kier molecular flexibility index (Phi) is 5.36. The number of hydrogen-bond donors (Lipinski definition) is 2. The van der Waals surface area contributed by atoms with E-state index in [1.54, 1.807) is 13.8 Å². The van der Waals surface area contributed by atoms with Gasteiger partial charge in [0.25, 0.3) is 0 Å². The van der Waals surface area contributed by atoms with E-state index in [1.165, 1.54) is 30.0 Å². The largest absolute Gasteiger partial charge is 0.360 e. The van der Waals surface area contributed by atoms with Crippen LogP contribution >= 0.6 is 23.1 Å². The number of ketones is 2. The Morgan fingerprint density at radius 3 is 2.64 bits per heavy atom. The highest BCUT2D eigenvalue weighted by Gasteiger charge is 2.20. The normalized spacial score (nSPS) is 10.7. The number of anilines is 1. The lowest BCUT2D eigenvalue weighted by molar-refractivity contribution is 0.101. The molecule has 0 bridgehead atoms. The van der Waals surface area contributed by atoms with Gasteiger partial charge in [-0.3, -0.25) is 9.59 Å². The molecule has 2 N–H and O–H groups in total. The van der Waals surface area contributed by atoms with E-state index >= 15 is 0 Å². The van der Waals surface area contributed by atoms with Gasteiger partial charge >= 0.3 is 0 Å². The van der Waals surface area contributed by atoms with Gasteiger partial charge < -0.3 is 10.3 Å². The van der Waals surface area contributed by atoms with E-state index in [-0.39, 0.29) is 17.3 Å². The van der Waals surface area contributed by atoms with Gasteiger partial charge in [0.1, 0.15) is 0 Å². The number of Topliss-reactive ketones (excluding diaryl/α,β-unsaturated/α-hetero) is 2. The monoisotopic (exact) mass is 338 g/mol. The Labute approximate surface area is 137 Å². The van der Waals surface area contributed by atoms with E-state index < -0.39 is 0 Å². The minimum absolute atomic E-state index is 0.0302. The molecule has 2 heterocycles. The lowest BCUT2D eigenvalue weighted by Crippen LogP contribution is -2.05. The average molecular weight is 338 g/mol. The van der Waals surface area contributed by atoms with Crippen molar-refractivity contribution in [3.63, 3.8) is 0 Å². The molecule has 0 aliphatic carbocycles. The van der Waals surface area contributed by atoms with E-state index in [0.29, 0.717) is 11.3 Å². The second-order valence-electron chi connectivity index (χ2n) is 4.80. The van der Waals surface area contributed by atoms with Crippen LogP contribution in [0, 0.1) is 13.8 Å². The Bertz CT molecular complexity index is 706. The topological polar surface area (TPSA) is 87.7 Å². The summed E-state index contributed by atoms with van der Waals surface area (Å²) in [6.45, 7) is 7.89. The predicted molar refractivity (Wildman–Crippen MR) is 89.4 cm³/mol. The molecular formula is C14H18N4O2S2. The number of thioether (sulfide) groups is 1. The van der Waals surface area contributed by atoms with Gasteiger partial charge in [-0.25, -0.2) is 0 Å². The summed E-state index contributed by atoms with van der Waals surface area (Å²) >= 11 is 2.78. The summed E-state index contributed by atoms with van der Waals surface area (Å²) in [5.41, 5.74) is 2.58. The molecule has 0 radical (unpaired) electrons. The van der Waals surface area contributed by atoms with Crippen molar-refractivity contribution in [3.05, 3.63) is 22.5 Å². The molecule has 0 unspecified atom stereocenters. The maximum Gasteiger partial charge on any atom is 0.206 e. The molecule has 0 saturated carbocycles. The number of rotatable bonds is 7. The highest BCUT2D eigenvalue weighted by atomic mass is 32.2. The first-order valence-electron chi connectivity index (χ1n) is 6.87. The fraction of sp³-hybridized carbons (Fsp3) is 0.429. The van der Waals surface area contributed by atoms with Gasteiger partial charge in [-0.15, -0.1) is 10.2 Å². The molecule has 6 nitrogen and oxygen atoms in total. The maximum atomic E-state index is 12.3. The Morgan fingerprint density at radius 1 is 1.32 bits per heavy atom. The predicted octanol–water partition coefficient (Wildman–Crippen LogP) is 3.09. The minimum Gasteiger partial charge on any atom is -0.360 e. The van der Waals surface area contributed by atoms with Crippen LogP contribution in [0.5, 0.6) is 0 Å². The summed E-state index contributed by atoms with van der Waals surface area (Å²) in [5, 5.41) is 11.9. The molecule has 0 aliphatic rings. The highest BCUT2D eigenvalue weighted by molar-refractivity contribution is 8.01. The SMILES string of the molecule is CCNc1nnc(SCC(=O)c2[nH]c(C)c(C(C)=O)c2C)s1. The third-order valence-electron chi connectivity index (χ3n) is 3.13.